The Balaban J connectivity index is 2.29. The lowest BCUT2D eigenvalue weighted by Gasteiger charge is -2.35. The lowest BCUT2D eigenvalue weighted by molar-refractivity contribution is -0.132. The number of hydrogen-bond acceptors (Lipinski definition) is 2. The molecular weight excluding hydrogens is 236 g/mol. The maximum atomic E-state index is 11.6. The lowest BCUT2D eigenvalue weighted by Crippen LogP contribution is -2.37. The van der Waals surface area contributed by atoms with E-state index in [-0.39, 0.29) is 11.9 Å². The number of amides is 1. The van der Waals surface area contributed by atoms with Gasteiger partial charge in [0, 0.05) is 19.7 Å². The van der Waals surface area contributed by atoms with Crippen molar-refractivity contribution in [1.82, 2.24) is 9.88 Å². The first-order valence-corrected chi connectivity index (χ1v) is 6.36. The van der Waals surface area contributed by atoms with E-state index in [2.05, 4.69) is 4.98 Å². The van der Waals surface area contributed by atoms with Gasteiger partial charge in [0.05, 0.1) is 6.04 Å². The van der Waals surface area contributed by atoms with Crippen LogP contribution in [0.1, 0.15) is 43.4 Å². The van der Waals surface area contributed by atoms with E-state index in [1.807, 2.05) is 17.9 Å². The van der Waals surface area contributed by atoms with Crippen LogP contribution in [0.15, 0.2) is 12.3 Å². The molecule has 0 saturated carbocycles. The van der Waals surface area contributed by atoms with Gasteiger partial charge in [-0.2, -0.15) is 0 Å². The first kappa shape index (κ1) is 12.4. The molecule has 1 amide bonds. The van der Waals surface area contributed by atoms with E-state index in [1.165, 1.54) is 0 Å². The summed E-state index contributed by atoms with van der Waals surface area (Å²) >= 11 is 5.93. The highest BCUT2D eigenvalue weighted by atomic mass is 35.5. The second-order valence-electron chi connectivity index (χ2n) is 4.60. The Labute approximate surface area is 107 Å². The SMILES string of the molecule is CC(=O)N1CCCCC1c1cnc(Cl)c(C)c1. The molecule has 17 heavy (non-hydrogen) atoms. The quantitative estimate of drug-likeness (QED) is 0.720. The molecule has 1 unspecified atom stereocenters. The molecule has 3 nitrogen and oxygen atoms in total. The fourth-order valence-corrected chi connectivity index (χ4v) is 2.52. The number of nitrogens with zero attached hydrogens (tertiary/aromatic N) is 2. The monoisotopic (exact) mass is 252 g/mol. The van der Waals surface area contributed by atoms with E-state index < -0.39 is 0 Å². The van der Waals surface area contributed by atoms with E-state index in [0.717, 1.165) is 36.9 Å². The summed E-state index contributed by atoms with van der Waals surface area (Å²) in [6, 6.07) is 2.21. The zero-order valence-electron chi connectivity index (χ0n) is 10.2. The average Bonchev–Trinajstić information content (AvgIpc) is 2.32. The molecule has 1 aromatic rings. The van der Waals surface area contributed by atoms with Crippen molar-refractivity contribution < 1.29 is 4.79 Å². The van der Waals surface area contributed by atoms with Crippen LogP contribution < -0.4 is 0 Å². The smallest absolute Gasteiger partial charge is 0.219 e. The van der Waals surface area contributed by atoms with Gasteiger partial charge in [-0.05, 0) is 43.4 Å². The Hall–Kier alpha value is -1.09. The molecule has 0 spiro atoms. The highest BCUT2D eigenvalue weighted by Crippen LogP contribution is 2.31. The molecule has 0 radical (unpaired) electrons. The Morgan fingerprint density at radius 1 is 1.53 bits per heavy atom. The van der Waals surface area contributed by atoms with Gasteiger partial charge in [-0.1, -0.05) is 11.6 Å². The number of carbonyl (C=O) groups is 1. The number of hydrogen-bond donors (Lipinski definition) is 0. The third kappa shape index (κ3) is 2.60. The lowest BCUT2D eigenvalue weighted by atomic mass is 9.95. The highest BCUT2D eigenvalue weighted by molar-refractivity contribution is 6.30. The Kier molecular flexibility index (Phi) is 3.67. The molecule has 2 rings (SSSR count). The fourth-order valence-electron chi connectivity index (χ4n) is 2.42. The van der Waals surface area contributed by atoms with Crippen molar-refractivity contribution in [3.05, 3.63) is 28.5 Å². The minimum atomic E-state index is 0.141. The summed E-state index contributed by atoms with van der Waals surface area (Å²) in [4.78, 5) is 17.7. The van der Waals surface area contributed by atoms with Crippen LogP contribution in [0.4, 0.5) is 0 Å². The van der Waals surface area contributed by atoms with Gasteiger partial charge in [0.2, 0.25) is 5.91 Å². The van der Waals surface area contributed by atoms with Crippen LogP contribution >= 0.6 is 11.6 Å². The second kappa shape index (κ2) is 5.05. The summed E-state index contributed by atoms with van der Waals surface area (Å²) in [5, 5.41) is 0.541. The Morgan fingerprint density at radius 3 is 2.94 bits per heavy atom. The molecule has 0 aromatic carbocycles. The largest absolute Gasteiger partial charge is 0.336 e. The van der Waals surface area contributed by atoms with Gasteiger partial charge in [0.25, 0.3) is 0 Å². The van der Waals surface area contributed by atoms with Crippen molar-refractivity contribution in [1.29, 1.82) is 0 Å². The molecule has 1 aliphatic rings. The van der Waals surface area contributed by atoms with Gasteiger partial charge < -0.3 is 4.90 Å². The molecule has 0 aliphatic carbocycles. The minimum absolute atomic E-state index is 0.141. The normalized spacial score (nSPS) is 20.4. The number of likely N-dealkylation sites (tertiary alicyclic amines) is 1. The van der Waals surface area contributed by atoms with Gasteiger partial charge in [-0.25, -0.2) is 4.98 Å². The fraction of sp³-hybridized carbons (Fsp3) is 0.538. The molecule has 0 N–H and O–H groups in total. The third-order valence-electron chi connectivity index (χ3n) is 3.33. The number of pyridine rings is 1. The first-order valence-electron chi connectivity index (χ1n) is 5.99. The van der Waals surface area contributed by atoms with E-state index in [0.29, 0.717) is 5.15 Å². The van der Waals surface area contributed by atoms with Crippen LogP contribution in [0.5, 0.6) is 0 Å². The summed E-state index contributed by atoms with van der Waals surface area (Å²) in [7, 11) is 0. The average molecular weight is 253 g/mol. The van der Waals surface area contributed by atoms with Crippen LogP contribution in [0.3, 0.4) is 0 Å². The highest BCUT2D eigenvalue weighted by Gasteiger charge is 2.26. The van der Waals surface area contributed by atoms with E-state index in [1.54, 1.807) is 13.1 Å². The molecule has 2 heterocycles. The van der Waals surface area contributed by atoms with E-state index in [9.17, 15) is 4.79 Å². The molecular formula is C13H17ClN2O. The maximum Gasteiger partial charge on any atom is 0.219 e. The minimum Gasteiger partial charge on any atom is -0.336 e. The summed E-state index contributed by atoms with van der Waals surface area (Å²) in [5.74, 6) is 0.141. The second-order valence-corrected chi connectivity index (χ2v) is 4.96. The van der Waals surface area contributed by atoms with Crippen molar-refractivity contribution in [3.63, 3.8) is 0 Å². The van der Waals surface area contributed by atoms with Crippen molar-refractivity contribution in [3.8, 4) is 0 Å². The van der Waals surface area contributed by atoms with Crippen molar-refractivity contribution in [2.24, 2.45) is 0 Å². The van der Waals surface area contributed by atoms with Gasteiger partial charge in [0.15, 0.2) is 0 Å². The summed E-state index contributed by atoms with van der Waals surface area (Å²) in [5.41, 5.74) is 2.07. The summed E-state index contributed by atoms with van der Waals surface area (Å²) < 4.78 is 0. The molecule has 92 valence electrons. The van der Waals surface area contributed by atoms with Gasteiger partial charge in [-0.3, -0.25) is 4.79 Å². The van der Waals surface area contributed by atoms with Gasteiger partial charge in [0.1, 0.15) is 5.15 Å². The number of aromatic nitrogens is 1. The van der Waals surface area contributed by atoms with Crippen LogP contribution in [0.2, 0.25) is 5.15 Å². The number of aryl methyl sites for hydroxylation is 1. The summed E-state index contributed by atoms with van der Waals surface area (Å²) in [6.45, 7) is 4.43. The zero-order chi connectivity index (χ0) is 12.4. The van der Waals surface area contributed by atoms with Gasteiger partial charge in [-0.15, -0.1) is 0 Å². The standard InChI is InChI=1S/C13H17ClN2O/c1-9-7-11(8-15-13(9)14)12-5-3-4-6-16(12)10(2)17/h7-8,12H,3-6H2,1-2H3. The van der Waals surface area contributed by atoms with E-state index >= 15 is 0 Å². The van der Waals surface area contributed by atoms with Crippen molar-refractivity contribution in [2.45, 2.75) is 39.2 Å². The van der Waals surface area contributed by atoms with Crippen LogP contribution in [-0.2, 0) is 4.79 Å². The maximum absolute atomic E-state index is 11.6. The molecule has 1 aromatic heterocycles. The van der Waals surface area contributed by atoms with Crippen LogP contribution in [-0.4, -0.2) is 22.3 Å². The third-order valence-corrected chi connectivity index (χ3v) is 3.72. The number of carbonyl (C=O) groups excluding carboxylic acids is 1. The zero-order valence-corrected chi connectivity index (χ0v) is 11.0. The van der Waals surface area contributed by atoms with Gasteiger partial charge >= 0.3 is 0 Å². The number of piperidine rings is 1. The molecule has 1 aliphatic heterocycles. The predicted octanol–water partition coefficient (Wildman–Crippen LogP) is 3.12. The van der Waals surface area contributed by atoms with Crippen molar-refractivity contribution >= 4 is 17.5 Å². The molecule has 1 fully saturated rings. The number of rotatable bonds is 1. The summed E-state index contributed by atoms with van der Waals surface area (Å²) in [6.07, 6.45) is 5.07. The molecule has 0 bridgehead atoms. The Bertz CT molecular complexity index is 433. The first-order chi connectivity index (χ1) is 8.09. The Morgan fingerprint density at radius 2 is 2.29 bits per heavy atom. The number of halogens is 1. The predicted molar refractivity (Wildman–Crippen MR) is 68.0 cm³/mol. The van der Waals surface area contributed by atoms with Crippen LogP contribution in [0, 0.1) is 6.92 Å². The van der Waals surface area contributed by atoms with Crippen molar-refractivity contribution in [2.75, 3.05) is 6.54 Å². The molecule has 1 saturated heterocycles. The molecule has 4 heteroatoms. The topological polar surface area (TPSA) is 33.2 Å². The molecule has 1 atom stereocenters. The van der Waals surface area contributed by atoms with Crippen LogP contribution in [0.25, 0.3) is 0 Å². The van der Waals surface area contributed by atoms with E-state index in [4.69, 9.17) is 11.6 Å².